The number of nitrogens with zero attached hydrogens (tertiary/aromatic N) is 6. The molecule has 160 valence electrons. The number of hydrogen-bond acceptors (Lipinski definition) is 7. The van der Waals surface area contributed by atoms with Crippen LogP contribution in [0.5, 0.6) is 0 Å². The van der Waals surface area contributed by atoms with Crippen LogP contribution in [0.3, 0.4) is 0 Å². The predicted molar refractivity (Wildman–Crippen MR) is 120 cm³/mol. The van der Waals surface area contributed by atoms with Gasteiger partial charge in [0.15, 0.2) is 0 Å². The lowest BCUT2D eigenvalue weighted by atomic mass is 10.0. The Morgan fingerprint density at radius 1 is 1.09 bits per heavy atom. The summed E-state index contributed by atoms with van der Waals surface area (Å²) in [5.74, 6) is 0.483. The van der Waals surface area contributed by atoms with Crippen LogP contribution in [0.25, 0.3) is 27.9 Å². The zero-order chi connectivity index (χ0) is 22.5. The standard InChI is InChI=1S/C23H21N7O2/c1-29-15-20(18-13-28-30(14-18)21-6-4-3-5-16(21)10-24)19(9-22(29)31)17-11-26-23(27-12-17)25-7-8-32-2/h3-6,9,11-15H,7-8H2,1-2H3,(H,25,26,27). The van der Waals surface area contributed by atoms with Crippen LogP contribution in [0.1, 0.15) is 5.56 Å². The molecule has 4 aromatic rings. The van der Waals surface area contributed by atoms with Crippen molar-refractivity contribution in [1.29, 1.82) is 5.26 Å². The number of pyridine rings is 1. The molecule has 32 heavy (non-hydrogen) atoms. The van der Waals surface area contributed by atoms with E-state index in [-0.39, 0.29) is 5.56 Å². The summed E-state index contributed by atoms with van der Waals surface area (Å²) in [4.78, 5) is 21.1. The molecular weight excluding hydrogens is 406 g/mol. The molecule has 9 heteroatoms. The topological polar surface area (TPSA) is 111 Å². The van der Waals surface area contributed by atoms with E-state index < -0.39 is 0 Å². The number of benzene rings is 1. The van der Waals surface area contributed by atoms with Crippen LogP contribution in [0.2, 0.25) is 0 Å². The van der Waals surface area contributed by atoms with Crippen molar-refractivity contribution in [3.8, 4) is 34.0 Å². The number of nitriles is 1. The molecule has 0 aliphatic rings. The van der Waals surface area contributed by atoms with Crippen LogP contribution < -0.4 is 10.9 Å². The van der Waals surface area contributed by atoms with Crippen LogP contribution >= 0.6 is 0 Å². The van der Waals surface area contributed by atoms with Crippen LogP contribution in [0, 0.1) is 11.3 Å². The van der Waals surface area contributed by atoms with Crippen molar-refractivity contribution in [2.75, 3.05) is 25.6 Å². The number of methoxy groups -OCH3 is 1. The first kappa shape index (κ1) is 21.0. The molecule has 1 N–H and O–H groups in total. The van der Waals surface area contributed by atoms with Gasteiger partial charge in [0.05, 0.1) is 24.1 Å². The van der Waals surface area contributed by atoms with E-state index in [1.807, 2.05) is 24.4 Å². The second-order valence-corrected chi connectivity index (χ2v) is 7.07. The number of hydrogen-bond donors (Lipinski definition) is 1. The van der Waals surface area contributed by atoms with Crippen molar-refractivity contribution in [3.05, 3.63) is 77.2 Å². The molecule has 0 amide bonds. The Labute approximate surface area is 184 Å². The molecule has 0 fully saturated rings. The molecule has 3 heterocycles. The molecule has 0 saturated carbocycles. The lowest BCUT2D eigenvalue weighted by Crippen LogP contribution is -2.15. The molecule has 1 aromatic carbocycles. The van der Waals surface area contributed by atoms with E-state index in [0.717, 1.165) is 11.1 Å². The average Bonchev–Trinajstić information content (AvgIpc) is 3.31. The maximum atomic E-state index is 12.4. The van der Waals surface area contributed by atoms with Gasteiger partial charge in [-0.3, -0.25) is 4.79 Å². The van der Waals surface area contributed by atoms with Crippen LogP contribution in [-0.2, 0) is 11.8 Å². The summed E-state index contributed by atoms with van der Waals surface area (Å²) < 4.78 is 8.18. The average molecular weight is 427 g/mol. The van der Waals surface area contributed by atoms with Crippen molar-refractivity contribution < 1.29 is 4.74 Å². The molecule has 3 aromatic heterocycles. The zero-order valence-electron chi connectivity index (χ0n) is 17.7. The summed E-state index contributed by atoms with van der Waals surface area (Å²) in [6, 6.07) is 11.0. The van der Waals surface area contributed by atoms with Gasteiger partial charge >= 0.3 is 0 Å². The van der Waals surface area contributed by atoms with E-state index in [1.165, 1.54) is 4.57 Å². The monoisotopic (exact) mass is 427 g/mol. The highest BCUT2D eigenvalue weighted by atomic mass is 16.5. The predicted octanol–water partition coefficient (Wildman–Crippen LogP) is 2.62. The first-order valence-electron chi connectivity index (χ1n) is 9.91. The molecule has 0 spiro atoms. The summed E-state index contributed by atoms with van der Waals surface area (Å²) in [6.45, 7) is 1.14. The minimum absolute atomic E-state index is 0.145. The quantitative estimate of drug-likeness (QED) is 0.451. The van der Waals surface area contributed by atoms with Crippen molar-refractivity contribution >= 4 is 5.95 Å². The van der Waals surface area contributed by atoms with E-state index >= 15 is 0 Å². The highest BCUT2D eigenvalue weighted by Gasteiger charge is 2.14. The van der Waals surface area contributed by atoms with Crippen LogP contribution in [0.15, 0.2) is 66.1 Å². The van der Waals surface area contributed by atoms with Gasteiger partial charge in [-0.15, -0.1) is 0 Å². The maximum absolute atomic E-state index is 12.4. The van der Waals surface area contributed by atoms with Crippen molar-refractivity contribution in [3.63, 3.8) is 0 Å². The molecule has 4 rings (SSSR count). The Hall–Kier alpha value is -4.29. The van der Waals surface area contributed by atoms with Crippen LogP contribution in [-0.4, -0.2) is 44.6 Å². The minimum atomic E-state index is -0.145. The number of anilines is 1. The summed E-state index contributed by atoms with van der Waals surface area (Å²) >= 11 is 0. The fraction of sp³-hybridized carbons (Fsp3) is 0.174. The molecule has 0 unspecified atom stereocenters. The largest absolute Gasteiger partial charge is 0.383 e. The van der Waals surface area contributed by atoms with E-state index in [2.05, 4.69) is 26.5 Å². The Morgan fingerprint density at radius 2 is 1.88 bits per heavy atom. The van der Waals surface area contributed by atoms with Gasteiger partial charge in [0.1, 0.15) is 6.07 Å². The Bertz CT molecular complexity index is 1330. The van der Waals surface area contributed by atoms with Gasteiger partial charge in [-0.25, -0.2) is 14.6 Å². The van der Waals surface area contributed by atoms with Crippen molar-refractivity contribution in [2.45, 2.75) is 0 Å². The SMILES string of the molecule is COCCNc1ncc(-c2cc(=O)n(C)cc2-c2cnn(-c3ccccc3C#N)c2)cn1. The van der Waals surface area contributed by atoms with Gasteiger partial charge in [0, 0.05) is 68.2 Å². The number of rotatable bonds is 7. The fourth-order valence-corrected chi connectivity index (χ4v) is 3.28. The summed E-state index contributed by atoms with van der Waals surface area (Å²) in [7, 11) is 3.33. The Morgan fingerprint density at radius 3 is 2.62 bits per heavy atom. The number of ether oxygens (including phenoxy) is 1. The Balaban J connectivity index is 1.73. The summed E-state index contributed by atoms with van der Waals surface area (Å²) in [5, 5.41) is 16.9. The summed E-state index contributed by atoms with van der Waals surface area (Å²) in [6.07, 6.45) is 8.66. The van der Waals surface area contributed by atoms with E-state index in [0.29, 0.717) is 41.5 Å². The fourth-order valence-electron chi connectivity index (χ4n) is 3.28. The van der Waals surface area contributed by atoms with E-state index in [9.17, 15) is 10.1 Å². The third-order valence-corrected chi connectivity index (χ3v) is 4.95. The van der Waals surface area contributed by atoms with Gasteiger partial charge in [0.25, 0.3) is 5.56 Å². The minimum Gasteiger partial charge on any atom is -0.383 e. The smallest absolute Gasteiger partial charge is 0.250 e. The molecule has 0 radical (unpaired) electrons. The van der Waals surface area contributed by atoms with Gasteiger partial charge in [-0.05, 0) is 17.7 Å². The first-order valence-corrected chi connectivity index (χ1v) is 9.91. The normalized spacial score (nSPS) is 10.7. The highest BCUT2D eigenvalue weighted by molar-refractivity contribution is 5.82. The second-order valence-electron chi connectivity index (χ2n) is 7.07. The first-order chi connectivity index (χ1) is 15.6. The van der Waals surface area contributed by atoms with Gasteiger partial charge in [-0.1, -0.05) is 12.1 Å². The maximum Gasteiger partial charge on any atom is 0.250 e. The highest BCUT2D eigenvalue weighted by Crippen LogP contribution is 2.31. The van der Waals surface area contributed by atoms with E-state index in [4.69, 9.17) is 4.74 Å². The van der Waals surface area contributed by atoms with Gasteiger partial charge in [-0.2, -0.15) is 10.4 Å². The molecule has 0 aliphatic carbocycles. The molecule has 0 bridgehead atoms. The van der Waals surface area contributed by atoms with E-state index in [1.54, 1.807) is 55.8 Å². The number of nitrogens with one attached hydrogen (secondary N) is 1. The lowest BCUT2D eigenvalue weighted by molar-refractivity contribution is 0.210. The van der Waals surface area contributed by atoms with Crippen molar-refractivity contribution in [2.24, 2.45) is 7.05 Å². The third kappa shape index (κ3) is 4.26. The van der Waals surface area contributed by atoms with Crippen LogP contribution in [0.4, 0.5) is 5.95 Å². The number of aromatic nitrogens is 5. The van der Waals surface area contributed by atoms with Gasteiger partial charge < -0.3 is 14.6 Å². The number of para-hydroxylation sites is 1. The summed E-state index contributed by atoms with van der Waals surface area (Å²) in [5.41, 5.74) is 4.07. The molecule has 0 aliphatic heterocycles. The molecule has 9 nitrogen and oxygen atoms in total. The molecular formula is C23H21N7O2. The molecule has 0 atom stereocenters. The molecule has 0 saturated heterocycles. The second kappa shape index (κ2) is 9.24. The van der Waals surface area contributed by atoms with Crippen molar-refractivity contribution in [1.82, 2.24) is 24.3 Å². The lowest BCUT2D eigenvalue weighted by Gasteiger charge is -2.11. The third-order valence-electron chi connectivity index (χ3n) is 4.95. The van der Waals surface area contributed by atoms with Gasteiger partial charge in [0.2, 0.25) is 5.95 Å². The number of aryl methyl sites for hydroxylation is 1. The zero-order valence-corrected chi connectivity index (χ0v) is 17.7. The Kier molecular flexibility index (Phi) is 6.05.